The van der Waals surface area contributed by atoms with Gasteiger partial charge in [-0.1, -0.05) is 18.5 Å². The summed E-state index contributed by atoms with van der Waals surface area (Å²) in [5.74, 6) is 0.127. The lowest BCUT2D eigenvalue weighted by molar-refractivity contribution is 0.603. The molecule has 0 aliphatic rings. The monoisotopic (exact) mass is 286 g/mol. The molecule has 0 saturated heterocycles. The quantitative estimate of drug-likeness (QED) is 0.818. The van der Waals surface area contributed by atoms with E-state index in [1.165, 1.54) is 22.5 Å². The van der Waals surface area contributed by atoms with Crippen LogP contribution < -0.4 is 11.4 Å². The van der Waals surface area contributed by atoms with Gasteiger partial charge in [-0.05, 0) is 18.2 Å². The van der Waals surface area contributed by atoms with Gasteiger partial charge in [0.2, 0.25) is 5.95 Å². The maximum atomic E-state index is 11.5. The highest BCUT2D eigenvalue weighted by Gasteiger charge is 2.13. The molecule has 0 spiro atoms. The number of aromatic amines is 1. The van der Waals surface area contributed by atoms with Crippen LogP contribution in [-0.4, -0.2) is 24.7 Å². The van der Waals surface area contributed by atoms with Gasteiger partial charge in [-0.2, -0.15) is 0 Å². The Balaban J connectivity index is 2.34. The van der Waals surface area contributed by atoms with Gasteiger partial charge in [-0.3, -0.25) is 4.57 Å². The van der Waals surface area contributed by atoms with Gasteiger partial charge in [-0.15, -0.1) is 5.10 Å². The molecule has 2 rings (SSSR count). The SMILES string of the molecule is CCCn1c(Sc2nc(N)ncc2Cl)n[nH]c1=O. The van der Waals surface area contributed by atoms with E-state index in [1.54, 1.807) is 0 Å². The Kier molecular flexibility index (Phi) is 3.87. The molecule has 9 heteroatoms. The molecule has 96 valence electrons. The zero-order chi connectivity index (χ0) is 13.1. The van der Waals surface area contributed by atoms with E-state index in [-0.39, 0.29) is 11.6 Å². The van der Waals surface area contributed by atoms with Crippen LogP contribution in [0.5, 0.6) is 0 Å². The van der Waals surface area contributed by atoms with Crippen LogP contribution in [0.4, 0.5) is 5.95 Å². The summed E-state index contributed by atoms with van der Waals surface area (Å²) in [5.41, 5.74) is 5.24. The normalized spacial score (nSPS) is 10.8. The van der Waals surface area contributed by atoms with Crippen LogP contribution in [0.25, 0.3) is 0 Å². The van der Waals surface area contributed by atoms with E-state index >= 15 is 0 Å². The Bertz CT molecular complexity index is 609. The molecule has 3 N–H and O–H groups in total. The number of hydrogen-bond acceptors (Lipinski definition) is 6. The summed E-state index contributed by atoms with van der Waals surface area (Å²) in [6.07, 6.45) is 2.24. The smallest absolute Gasteiger partial charge is 0.343 e. The minimum atomic E-state index is -0.252. The van der Waals surface area contributed by atoms with Gasteiger partial charge >= 0.3 is 5.69 Å². The van der Waals surface area contributed by atoms with E-state index < -0.39 is 0 Å². The number of rotatable bonds is 4. The number of hydrogen-bond donors (Lipinski definition) is 2. The van der Waals surface area contributed by atoms with Gasteiger partial charge in [0.1, 0.15) is 5.03 Å². The molecule has 0 aliphatic heterocycles. The zero-order valence-corrected chi connectivity index (χ0v) is 11.1. The second kappa shape index (κ2) is 5.40. The molecule has 2 heterocycles. The van der Waals surface area contributed by atoms with E-state index in [2.05, 4.69) is 20.2 Å². The van der Waals surface area contributed by atoms with Crippen LogP contribution in [0, 0.1) is 0 Å². The molecule has 2 aromatic heterocycles. The van der Waals surface area contributed by atoms with Crippen molar-refractivity contribution in [1.82, 2.24) is 24.7 Å². The first-order valence-corrected chi connectivity index (χ1v) is 6.42. The molecule has 0 unspecified atom stereocenters. The van der Waals surface area contributed by atoms with Crippen molar-refractivity contribution >= 4 is 29.3 Å². The number of aromatic nitrogens is 5. The van der Waals surface area contributed by atoms with Gasteiger partial charge in [0.15, 0.2) is 5.16 Å². The molecule has 0 amide bonds. The number of nitrogen functional groups attached to an aromatic ring is 1. The van der Waals surface area contributed by atoms with Crippen LogP contribution in [0.3, 0.4) is 0 Å². The zero-order valence-electron chi connectivity index (χ0n) is 9.55. The van der Waals surface area contributed by atoms with Crippen LogP contribution in [0.2, 0.25) is 5.02 Å². The van der Waals surface area contributed by atoms with Crippen molar-refractivity contribution in [2.24, 2.45) is 0 Å². The first-order valence-electron chi connectivity index (χ1n) is 5.23. The lowest BCUT2D eigenvalue weighted by Crippen LogP contribution is -2.17. The third-order valence-corrected chi connectivity index (χ3v) is 3.48. The second-order valence-corrected chi connectivity index (χ2v) is 4.81. The Morgan fingerprint density at radius 2 is 2.39 bits per heavy atom. The van der Waals surface area contributed by atoms with Gasteiger partial charge in [-0.25, -0.2) is 19.9 Å². The Morgan fingerprint density at radius 1 is 1.61 bits per heavy atom. The fourth-order valence-corrected chi connectivity index (χ4v) is 2.37. The highest BCUT2D eigenvalue weighted by Crippen LogP contribution is 2.29. The minimum Gasteiger partial charge on any atom is -0.368 e. The highest BCUT2D eigenvalue weighted by atomic mass is 35.5. The average molecular weight is 287 g/mol. The van der Waals surface area contributed by atoms with Crippen molar-refractivity contribution in [1.29, 1.82) is 0 Å². The van der Waals surface area contributed by atoms with E-state index in [1.807, 2.05) is 6.92 Å². The molecule has 18 heavy (non-hydrogen) atoms. The number of anilines is 1. The van der Waals surface area contributed by atoms with E-state index in [4.69, 9.17) is 17.3 Å². The third-order valence-electron chi connectivity index (χ3n) is 2.09. The summed E-state index contributed by atoms with van der Waals surface area (Å²) in [6.45, 7) is 2.55. The summed E-state index contributed by atoms with van der Waals surface area (Å²) in [4.78, 5) is 19.3. The summed E-state index contributed by atoms with van der Waals surface area (Å²) in [6, 6.07) is 0. The molecule has 2 aromatic rings. The Hall–Kier alpha value is -1.54. The van der Waals surface area contributed by atoms with Crippen molar-refractivity contribution in [2.45, 2.75) is 30.1 Å². The summed E-state index contributed by atoms with van der Waals surface area (Å²) in [5, 5.41) is 7.67. The lowest BCUT2D eigenvalue weighted by Gasteiger charge is -2.04. The largest absolute Gasteiger partial charge is 0.368 e. The molecular formula is C9H11ClN6OS. The van der Waals surface area contributed by atoms with Gasteiger partial charge in [0.05, 0.1) is 11.2 Å². The molecule has 0 bridgehead atoms. The van der Waals surface area contributed by atoms with Gasteiger partial charge < -0.3 is 5.73 Å². The predicted molar refractivity (Wildman–Crippen MR) is 68.7 cm³/mol. The minimum absolute atomic E-state index is 0.127. The average Bonchev–Trinajstić information content (AvgIpc) is 2.67. The lowest BCUT2D eigenvalue weighted by atomic mass is 10.5. The summed E-state index contributed by atoms with van der Waals surface area (Å²) >= 11 is 7.13. The van der Waals surface area contributed by atoms with Gasteiger partial charge in [0.25, 0.3) is 0 Å². The van der Waals surface area contributed by atoms with Crippen molar-refractivity contribution in [3.05, 3.63) is 21.7 Å². The molecule has 0 atom stereocenters. The number of nitrogens with zero attached hydrogens (tertiary/aromatic N) is 4. The Morgan fingerprint density at radius 3 is 3.11 bits per heavy atom. The van der Waals surface area contributed by atoms with Crippen LogP contribution >= 0.6 is 23.4 Å². The Labute approximate surface area is 112 Å². The molecule has 0 aromatic carbocycles. The van der Waals surface area contributed by atoms with Crippen molar-refractivity contribution < 1.29 is 0 Å². The van der Waals surface area contributed by atoms with Gasteiger partial charge in [0, 0.05) is 6.54 Å². The van der Waals surface area contributed by atoms with E-state index in [9.17, 15) is 4.79 Å². The molecule has 7 nitrogen and oxygen atoms in total. The van der Waals surface area contributed by atoms with Crippen molar-refractivity contribution in [3.63, 3.8) is 0 Å². The summed E-state index contributed by atoms with van der Waals surface area (Å²) in [7, 11) is 0. The fraction of sp³-hybridized carbons (Fsp3) is 0.333. The maximum Gasteiger partial charge on any atom is 0.343 e. The number of nitrogens with one attached hydrogen (secondary N) is 1. The number of nitrogens with two attached hydrogens (primary N) is 1. The highest BCUT2D eigenvalue weighted by molar-refractivity contribution is 7.99. The van der Waals surface area contributed by atoms with Crippen LogP contribution in [-0.2, 0) is 6.54 Å². The molecule has 0 saturated carbocycles. The maximum absolute atomic E-state index is 11.5. The number of H-pyrrole nitrogens is 1. The third kappa shape index (κ3) is 2.65. The summed E-state index contributed by atoms with van der Waals surface area (Å²) < 4.78 is 1.53. The molecular weight excluding hydrogens is 276 g/mol. The van der Waals surface area contributed by atoms with Crippen molar-refractivity contribution in [3.8, 4) is 0 Å². The topological polar surface area (TPSA) is 102 Å². The molecule has 0 aliphatic carbocycles. The van der Waals surface area contributed by atoms with Crippen molar-refractivity contribution in [2.75, 3.05) is 5.73 Å². The predicted octanol–water partition coefficient (Wildman–Crippen LogP) is 1.16. The first kappa shape index (κ1) is 12.9. The molecule has 0 radical (unpaired) electrons. The fourth-order valence-electron chi connectivity index (χ4n) is 1.32. The second-order valence-electron chi connectivity index (χ2n) is 3.45. The number of halogens is 1. The standard InChI is InChI=1S/C9H11ClN6OS/c1-2-3-16-8(17)14-15-9(16)18-6-5(10)4-12-7(11)13-6/h4H,2-3H2,1H3,(H,14,17)(H2,11,12,13). The van der Waals surface area contributed by atoms with Crippen LogP contribution in [0.1, 0.15) is 13.3 Å². The first-order chi connectivity index (χ1) is 8.61. The van der Waals surface area contributed by atoms with E-state index in [0.717, 1.165) is 6.42 Å². The van der Waals surface area contributed by atoms with Crippen LogP contribution in [0.15, 0.2) is 21.2 Å². The van der Waals surface area contributed by atoms with E-state index in [0.29, 0.717) is 21.7 Å². The molecule has 0 fully saturated rings.